The fraction of sp³-hybridized carbons (Fsp3) is 0. The van der Waals surface area contributed by atoms with Crippen LogP contribution in [-0.2, 0) is 0 Å². The Kier molecular flexibility index (Phi) is 10.3. The monoisotopic (exact) mass is 987 g/mol. The molecule has 3 heterocycles. The highest BCUT2D eigenvalue weighted by Gasteiger charge is 2.36. The number of hydrogen-bond acceptors (Lipinski definition) is 0. The number of rotatable bonds is 9. The minimum absolute atomic E-state index is 1.11. The molecule has 4 heteroatoms. The number of aromatic nitrogens is 3. The molecule has 0 aliphatic rings. The molecular formula is C72H49N3S. The van der Waals surface area contributed by atoms with E-state index in [9.17, 15) is 0 Å². The van der Waals surface area contributed by atoms with Crippen LogP contribution in [-0.4, -0.2) is 13.7 Å². The van der Waals surface area contributed by atoms with Crippen molar-refractivity contribution in [2.75, 3.05) is 0 Å². The summed E-state index contributed by atoms with van der Waals surface area (Å²) in [6.45, 7) is 0. The molecule has 358 valence electrons. The van der Waals surface area contributed by atoms with Crippen LogP contribution in [0.15, 0.2) is 317 Å². The van der Waals surface area contributed by atoms with E-state index in [2.05, 4.69) is 311 Å². The lowest BCUT2D eigenvalue weighted by Gasteiger charge is -2.42. The van der Waals surface area contributed by atoms with Crippen LogP contribution in [0.1, 0.15) is 0 Å². The summed E-state index contributed by atoms with van der Waals surface area (Å²) in [5.41, 5.74) is 15.2. The van der Waals surface area contributed by atoms with Gasteiger partial charge in [-0.05, 0) is 126 Å². The highest BCUT2D eigenvalue weighted by molar-refractivity contribution is 8.34. The molecule has 0 radical (unpaired) electrons. The highest BCUT2D eigenvalue weighted by atomic mass is 32.3. The molecular weight excluding hydrogens is 939 g/mol. The van der Waals surface area contributed by atoms with Crippen molar-refractivity contribution in [1.82, 2.24) is 13.7 Å². The Morgan fingerprint density at radius 2 is 0.737 bits per heavy atom. The Labute approximate surface area is 442 Å². The van der Waals surface area contributed by atoms with Gasteiger partial charge >= 0.3 is 0 Å². The standard InChI is InChI=1S/C72H49N3S/c1-5-23-50(24-6-1)51-25-21-26-52(47-51)58-33-13-17-37-64(58)75-66-39-19-14-34-59(66)61-45-43-54(48-70(61)75)74-67-40-20-16-36-62(67)72-69(74)41-22-42-71(72)76(55-29-9-3-10-30-55,56-31-11-4-12-32-56)57-44-46-68-63(49-57)60-35-15-18-38-65(60)73(68)53-27-7-2-8-28-53/h1-49H. The van der Waals surface area contributed by atoms with Crippen molar-refractivity contribution in [3.05, 3.63) is 297 Å². The van der Waals surface area contributed by atoms with Crippen molar-refractivity contribution < 1.29 is 0 Å². The molecule has 0 spiro atoms. The van der Waals surface area contributed by atoms with Crippen molar-refractivity contribution in [2.24, 2.45) is 0 Å². The van der Waals surface area contributed by atoms with E-state index in [0.717, 1.165) is 22.6 Å². The fourth-order valence-corrected chi connectivity index (χ4v) is 16.4. The first kappa shape index (κ1) is 43.9. The van der Waals surface area contributed by atoms with E-state index in [-0.39, 0.29) is 0 Å². The first-order chi connectivity index (χ1) is 37.7. The smallest absolute Gasteiger partial charge is 0.0562 e. The summed E-state index contributed by atoms with van der Waals surface area (Å²) < 4.78 is 7.42. The molecule has 15 aromatic rings. The molecule has 0 bridgehead atoms. The van der Waals surface area contributed by atoms with Gasteiger partial charge in [0, 0.05) is 68.8 Å². The lowest BCUT2D eigenvalue weighted by Crippen LogP contribution is -2.06. The van der Waals surface area contributed by atoms with E-state index in [1.807, 2.05) is 0 Å². The van der Waals surface area contributed by atoms with Crippen molar-refractivity contribution in [1.29, 1.82) is 0 Å². The minimum Gasteiger partial charge on any atom is -0.309 e. The topological polar surface area (TPSA) is 14.8 Å². The summed E-state index contributed by atoms with van der Waals surface area (Å²) in [6, 6.07) is 110. The molecule has 0 aliphatic carbocycles. The summed E-state index contributed by atoms with van der Waals surface area (Å²) >= 11 is 0. The van der Waals surface area contributed by atoms with Gasteiger partial charge in [-0.15, -0.1) is 10.0 Å². The molecule has 76 heavy (non-hydrogen) atoms. The van der Waals surface area contributed by atoms with Gasteiger partial charge in [-0.2, -0.15) is 0 Å². The lowest BCUT2D eigenvalue weighted by molar-refractivity contribution is 1.15. The SMILES string of the molecule is c1ccc(-c2cccc(-c3ccccc3-n3c4ccccc4c4ccc(-n5c6ccccc6c6c(S(c7ccccc7)(c7ccccc7)c7ccc8c(c7)c7ccccc7n8-c7ccccc7)cccc65)cc43)c2)cc1. The van der Waals surface area contributed by atoms with Crippen molar-refractivity contribution >= 4 is 75.4 Å². The third kappa shape index (κ3) is 6.71. The zero-order valence-corrected chi connectivity index (χ0v) is 42.4. The molecule has 0 saturated carbocycles. The van der Waals surface area contributed by atoms with Crippen LogP contribution in [0.5, 0.6) is 0 Å². The molecule has 0 aliphatic heterocycles. The van der Waals surface area contributed by atoms with E-state index < -0.39 is 10.0 Å². The van der Waals surface area contributed by atoms with Crippen LogP contribution in [0.25, 0.3) is 105 Å². The number of fused-ring (bicyclic) bond motifs is 9. The Balaban J connectivity index is 0.995. The maximum Gasteiger partial charge on any atom is 0.0562 e. The van der Waals surface area contributed by atoms with Crippen LogP contribution < -0.4 is 0 Å². The van der Waals surface area contributed by atoms with Gasteiger partial charge in [0.05, 0.1) is 38.8 Å². The summed E-state index contributed by atoms with van der Waals surface area (Å²) in [5.74, 6) is 0. The van der Waals surface area contributed by atoms with Gasteiger partial charge < -0.3 is 13.7 Å². The molecule has 0 amide bonds. The summed E-state index contributed by atoms with van der Waals surface area (Å²) in [5, 5.41) is 7.41. The molecule has 15 rings (SSSR count). The average Bonchev–Trinajstić information content (AvgIpc) is 4.17. The van der Waals surface area contributed by atoms with Crippen LogP contribution >= 0.6 is 10.0 Å². The van der Waals surface area contributed by atoms with Crippen molar-refractivity contribution in [3.63, 3.8) is 0 Å². The molecule has 3 aromatic heterocycles. The second-order valence-electron chi connectivity index (χ2n) is 19.6. The van der Waals surface area contributed by atoms with E-state index >= 15 is 0 Å². The largest absolute Gasteiger partial charge is 0.309 e. The number of nitrogens with zero attached hydrogens (tertiary/aromatic N) is 3. The van der Waals surface area contributed by atoms with Gasteiger partial charge in [-0.1, -0.05) is 188 Å². The summed E-state index contributed by atoms with van der Waals surface area (Å²) in [6.07, 6.45) is 0. The zero-order chi connectivity index (χ0) is 50.2. The second-order valence-corrected chi connectivity index (χ2v) is 22.7. The van der Waals surface area contributed by atoms with Crippen LogP contribution in [0.2, 0.25) is 0 Å². The Hall–Kier alpha value is -9.61. The lowest BCUT2D eigenvalue weighted by atomic mass is 9.98. The number of benzene rings is 12. The van der Waals surface area contributed by atoms with E-state index in [4.69, 9.17) is 0 Å². The third-order valence-electron chi connectivity index (χ3n) is 15.5. The van der Waals surface area contributed by atoms with Crippen LogP contribution in [0.3, 0.4) is 0 Å². The molecule has 0 fully saturated rings. The van der Waals surface area contributed by atoms with Gasteiger partial charge in [0.2, 0.25) is 0 Å². The fourth-order valence-electron chi connectivity index (χ4n) is 12.3. The van der Waals surface area contributed by atoms with Crippen molar-refractivity contribution in [3.8, 4) is 39.3 Å². The zero-order valence-electron chi connectivity index (χ0n) is 41.5. The van der Waals surface area contributed by atoms with E-state index in [0.29, 0.717) is 0 Å². The summed E-state index contributed by atoms with van der Waals surface area (Å²) in [7, 11) is -2.19. The quantitative estimate of drug-likeness (QED) is 0.137. The Morgan fingerprint density at radius 3 is 1.46 bits per heavy atom. The first-order valence-corrected chi connectivity index (χ1v) is 27.7. The third-order valence-corrected chi connectivity index (χ3v) is 19.5. The predicted molar refractivity (Wildman–Crippen MR) is 320 cm³/mol. The van der Waals surface area contributed by atoms with Crippen LogP contribution in [0, 0.1) is 0 Å². The summed E-state index contributed by atoms with van der Waals surface area (Å²) in [4.78, 5) is 5.17. The van der Waals surface area contributed by atoms with E-state index in [1.54, 1.807) is 0 Å². The maximum atomic E-state index is 2.52. The van der Waals surface area contributed by atoms with Crippen LogP contribution in [0.4, 0.5) is 0 Å². The molecule has 0 N–H and O–H groups in total. The van der Waals surface area contributed by atoms with Gasteiger partial charge in [-0.3, -0.25) is 0 Å². The van der Waals surface area contributed by atoms with Gasteiger partial charge in [0.1, 0.15) is 0 Å². The highest BCUT2D eigenvalue weighted by Crippen LogP contribution is 2.75. The molecule has 0 saturated heterocycles. The molecule has 0 unspecified atom stereocenters. The average molecular weight is 988 g/mol. The maximum absolute atomic E-state index is 2.52. The number of hydrogen-bond donors (Lipinski definition) is 0. The normalized spacial score (nSPS) is 12.2. The molecule has 3 nitrogen and oxygen atoms in total. The van der Waals surface area contributed by atoms with Gasteiger partial charge in [-0.25, -0.2) is 0 Å². The minimum atomic E-state index is -2.19. The first-order valence-electron chi connectivity index (χ1n) is 26.1. The van der Waals surface area contributed by atoms with E-state index in [1.165, 1.54) is 102 Å². The Morgan fingerprint density at radius 1 is 0.237 bits per heavy atom. The van der Waals surface area contributed by atoms with Gasteiger partial charge in [0.25, 0.3) is 0 Å². The second kappa shape index (κ2) is 17.8. The number of para-hydroxylation sites is 5. The molecule has 12 aromatic carbocycles. The molecule has 0 atom stereocenters. The van der Waals surface area contributed by atoms with Crippen molar-refractivity contribution in [2.45, 2.75) is 19.6 Å². The van der Waals surface area contributed by atoms with Gasteiger partial charge in [0.15, 0.2) is 0 Å². The predicted octanol–water partition coefficient (Wildman–Crippen LogP) is 19.7. The Bertz CT molecular complexity index is 4640.